The fourth-order valence-corrected chi connectivity index (χ4v) is 5.43. The maximum Gasteiger partial charge on any atom is 0.195 e. The number of H-pyrrole nitrogens is 1. The predicted octanol–water partition coefficient (Wildman–Crippen LogP) is 3.71. The molecule has 152 valence electrons. The van der Waals surface area contributed by atoms with Gasteiger partial charge in [0.2, 0.25) is 0 Å². The van der Waals surface area contributed by atoms with Gasteiger partial charge in [-0.25, -0.2) is 4.21 Å². The van der Waals surface area contributed by atoms with Gasteiger partial charge in [0.15, 0.2) is 16.9 Å². The fraction of sp³-hybridized carbons (Fsp3) is 0.304. The van der Waals surface area contributed by atoms with Crippen molar-refractivity contribution in [1.29, 1.82) is 5.26 Å². The summed E-state index contributed by atoms with van der Waals surface area (Å²) in [5.41, 5.74) is 5.04. The molecule has 5 rings (SSSR count). The first-order valence-electron chi connectivity index (χ1n) is 9.91. The van der Waals surface area contributed by atoms with Crippen molar-refractivity contribution >= 4 is 33.5 Å². The molecule has 2 heterocycles. The molecule has 1 aliphatic carbocycles. The number of carbonyl (C=O) groups excluding carboxylic acids is 1. The maximum atomic E-state index is 13.4. The second-order valence-corrected chi connectivity index (χ2v) is 9.78. The lowest BCUT2D eigenvalue weighted by atomic mass is 9.71. The highest BCUT2D eigenvalue weighted by molar-refractivity contribution is 7.79. The minimum absolute atomic E-state index is 0.0161. The van der Waals surface area contributed by atoms with Crippen LogP contribution in [0.1, 0.15) is 53.0 Å². The van der Waals surface area contributed by atoms with Gasteiger partial charge >= 0.3 is 0 Å². The van der Waals surface area contributed by atoms with Crippen molar-refractivity contribution in [3.05, 3.63) is 64.3 Å². The highest BCUT2D eigenvalue weighted by Gasteiger charge is 2.40. The monoisotopic (exact) mass is 419 g/mol. The number of ketones is 1. The SMILES string of the molecule is CC1(C)c2cc(N3CCC(S(=O)O)C3)ccc2C(=O)c2c1[nH]c1cc(C#N)ccc21. The summed E-state index contributed by atoms with van der Waals surface area (Å²) in [4.78, 5) is 18.9. The van der Waals surface area contributed by atoms with E-state index in [4.69, 9.17) is 0 Å². The molecule has 1 aliphatic heterocycles. The summed E-state index contributed by atoms with van der Waals surface area (Å²) in [6, 6.07) is 13.4. The number of nitrogens with zero attached hydrogens (tertiary/aromatic N) is 2. The topological polar surface area (TPSA) is 97.2 Å². The van der Waals surface area contributed by atoms with Crippen molar-refractivity contribution in [2.75, 3.05) is 18.0 Å². The summed E-state index contributed by atoms with van der Waals surface area (Å²) in [7, 11) is 0. The number of benzene rings is 2. The first kappa shape index (κ1) is 19.0. The van der Waals surface area contributed by atoms with Crippen LogP contribution in [0.15, 0.2) is 36.4 Å². The van der Waals surface area contributed by atoms with Crippen molar-refractivity contribution < 1.29 is 13.6 Å². The number of hydrogen-bond acceptors (Lipinski definition) is 4. The Morgan fingerprint density at radius 2 is 2.07 bits per heavy atom. The lowest BCUT2D eigenvalue weighted by Gasteiger charge is -2.33. The summed E-state index contributed by atoms with van der Waals surface area (Å²) in [6.45, 7) is 5.44. The molecule has 3 aromatic rings. The molecule has 0 amide bonds. The smallest absolute Gasteiger partial charge is 0.195 e. The first-order chi connectivity index (χ1) is 14.3. The summed E-state index contributed by atoms with van der Waals surface area (Å²) in [6.07, 6.45) is 0.676. The Bertz CT molecular complexity index is 1280. The standard InChI is InChI=1S/C23H21N3O3S/c1-23(2)18-10-14(26-8-7-15(12-26)30(28)29)4-6-16(18)21(27)20-17-5-3-13(11-24)9-19(17)25-22(20)23/h3-6,9-10,15,25H,7-8,12H2,1-2H3,(H,28,29). The van der Waals surface area contributed by atoms with E-state index in [2.05, 4.69) is 29.8 Å². The Balaban J connectivity index is 1.63. The third-order valence-electron chi connectivity index (χ3n) is 6.50. The number of rotatable bonds is 2. The molecule has 1 fully saturated rings. The molecule has 2 aliphatic rings. The number of hydrogen-bond donors (Lipinski definition) is 2. The van der Waals surface area contributed by atoms with Crippen LogP contribution >= 0.6 is 0 Å². The number of nitrogens with one attached hydrogen (secondary N) is 1. The van der Waals surface area contributed by atoms with Crippen LogP contribution in [0.5, 0.6) is 0 Å². The van der Waals surface area contributed by atoms with Gasteiger partial charge in [-0.15, -0.1) is 0 Å². The summed E-state index contributed by atoms with van der Waals surface area (Å²) >= 11 is -1.82. The van der Waals surface area contributed by atoms with Crippen molar-refractivity contribution in [3.8, 4) is 6.07 Å². The van der Waals surface area contributed by atoms with E-state index in [9.17, 15) is 18.8 Å². The second kappa shape index (κ2) is 6.53. The molecule has 30 heavy (non-hydrogen) atoms. The van der Waals surface area contributed by atoms with Crippen LogP contribution in [0.2, 0.25) is 0 Å². The summed E-state index contributed by atoms with van der Waals surface area (Å²) in [5.74, 6) is -0.0161. The number of carbonyl (C=O) groups is 1. The molecule has 0 saturated carbocycles. The van der Waals surface area contributed by atoms with Crippen LogP contribution in [0, 0.1) is 11.3 Å². The average Bonchev–Trinajstić information content (AvgIpc) is 3.37. The molecule has 7 heteroatoms. The Kier molecular flexibility index (Phi) is 4.14. The third-order valence-corrected chi connectivity index (χ3v) is 7.45. The number of anilines is 1. The van der Waals surface area contributed by atoms with E-state index < -0.39 is 16.5 Å². The van der Waals surface area contributed by atoms with Gasteiger partial charge in [0.05, 0.1) is 22.4 Å². The van der Waals surface area contributed by atoms with E-state index in [1.807, 2.05) is 24.3 Å². The van der Waals surface area contributed by atoms with Crippen molar-refractivity contribution in [2.45, 2.75) is 30.9 Å². The quantitative estimate of drug-likeness (QED) is 0.617. The zero-order chi connectivity index (χ0) is 21.2. The third kappa shape index (κ3) is 2.64. The van der Waals surface area contributed by atoms with Crippen LogP contribution in [0.25, 0.3) is 10.9 Å². The van der Waals surface area contributed by atoms with Gasteiger partial charge in [0.1, 0.15) is 0 Å². The fourth-order valence-electron chi connectivity index (χ4n) is 4.81. The molecule has 0 radical (unpaired) electrons. The number of aromatic nitrogens is 1. The lowest BCUT2D eigenvalue weighted by molar-refractivity contribution is 0.103. The molecule has 0 spiro atoms. The zero-order valence-corrected chi connectivity index (χ0v) is 17.5. The highest BCUT2D eigenvalue weighted by Crippen LogP contribution is 2.45. The van der Waals surface area contributed by atoms with Crippen LogP contribution in [0.4, 0.5) is 5.69 Å². The molecular formula is C23H21N3O3S. The molecule has 1 aromatic heterocycles. The largest absolute Gasteiger partial charge is 0.370 e. The van der Waals surface area contributed by atoms with Crippen molar-refractivity contribution in [3.63, 3.8) is 0 Å². The predicted molar refractivity (Wildman–Crippen MR) is 116 cm³/mol. The van der Waals surface area contributed by atoms with Crippen LogP contribution in [0.3, 0.4) is 0 Å². The van der Waals surface area contributed by atoms with Crippen molar-refractivity contribution in [2.24, 2.45) is 0 Å². The van der Waals surface area contributed by atoms with Gasteiger partial charge in [-0.05, 0) is 42.3 Å². The van der Waals surface area contributed by atoms with Gasteiger partial charge < -0.3 is 14.4 Å². The molecule has 2 aromatic carbocycles. The van der Waals surface area contributed by atoms with Gasteiger partial charge in [0, 0.05) is 46.4 Å². The van der Waals surface area contributed by atoms with Gasteiger partial charge in [-0.3, -0.25) is 4.79 Å². The molecule has 6 nitrogen and oxygen atoms in total. The van der Waals surface area contributed by atoms with E-state index in [0.717, 1.165) is 34.4 Å². The van der Waals surface area contributed by atoms with Gasteiger partial charge in [-0.2, -0.15) is 5.26 Å². The lowest BCUT2D eigenvalue weighted by Crippen LogP contribution is -2.31. The number of aromatic amines is 1. The summed E-state index contributed by atoms with van der Waals surface area (Å²) in [5, 5.41) is 9.81. The Morgan fingerprint density at radius 3 is 2.77 bits per heavy atom. The van der Waals surface area contributed by atoms with E-state index in [1.54, 1.807) is 12.1 Å². The van der Waals surface area contributed by atoms with Crippen molar-refractivity contribution in [1.82, 2.24) is 4.98 Å². The van der Waals surface area contributed by atoms with Crippen LogP contribution in [-0.4, -0.2) is 37.9 Å². The summed E-state index contributed by atoms with van der Waals surface area (Å²) < 4.78 is 20.9. The highest BCUT2D eigenvalue weighted by atomic mass is 32.2. The maximum absolute atomic E-state index is 13.4. The normalized spacial score (nSPS) is 20.7. The minimum atomic E-state index is -1.82. The van der Waals surface area contributed by atoms with E-state index in [1.165, 1.54) is 0 Å². The van der Waals surface area contributed by atoms with Crippen LogP contribution < -0.4 is 4.90 Å². The zero-order valence-electron chi connectivity index (χ0n) is 16.7. The minimum Gasteiger partial charge on any atom is -0.370 e. The van der Waals surface area contributed by atoms with E-state index in [-0.39, 0.29) is 11.0 Å². The molecule has 2 N–H and O–H groups in total. The van der Waals surface area contributed by atoms with Gasteiger partial charge in [-0.1, -0.05) is 19.9 Å². The molecule has 2 atom stereocenters. The van der Waals surface area contributed by atoms with Crippen LogP contribution in [-0.2, 0) is 16.5 Å². The second-order valence-electron chi connectivity index (χ2n) is 8.56. The van der Waals surface area contributed by atoms with E-state index in [0.29, 0.717) is 29.7 Å². The molecule has 2 unspecified atom stereocenters. The Labute approximate surface area is 176 Å². The van der Waals surface area contributed by atoms with E-state index >= 15 is 0 Å². The molecular weight excluding hydrogens is 398 g/mol. The molecule has 1 saturated heterocycles. The van der Waals surface area contributed by atoms with Gasteiger partial charge in [0.25, 0.3) is 0 Å². The number of fused-ring (bicyclic) bond motifs is 4. The average molecular weight is 420 g/mol. The molecule has 0 bridgehead atoms. The Morgan fingerprint density at radius 1 is 1.27 bits per heavy atom. The number of nitriles is 1. The first-order valence-corrected chi connectivity index (χ1v) is 11.1. The Hall–Kier alpha value is -2.95.